The minimum absolute atomic E-state index is 0.814. The van der Waals surface area contributed by atoms with Gasteiger partial charge in [0.15, 0.2) is 0 Å². The Labute approximate surface area is 122 Å². The van der Waals surface area contributed by atoms with Crippen LogP contribution in [0.5, 0.6) is 0 Å². The van der Waals surface area contributed by atoms with Crippen molar-refractivity contribution < 1.29 is 0 Å². The number of hydrogen-bond acceptors (Lipinski definition) is 4. The predicted molar refractivity (Wildman–Crippen MR) is 87.2 cm³/mol. The summed E-state index contributed by atoms with van der Waals surface area (Å²) in [5.74, 6) is 0. The summed E-state index contributed by atoms with van der Waals surface area (Å²) in [4.78, 5) is 7.99. The second-order valence-electron chi connectivity index (χ2n) is 4.66. The first-order valence-electron chi connectivity index (χ1n) is 6.70. The van der Waals surface area contributed by atoms with Crippen LogP contribution in [-0.4, -0.2) is 11.5 Å². The number of pyridine rings is 1. The Bertz CT molecular complexity index is 707. The topological polar surface area (TPSA) is 42.2 Å². The maximum Gasteiger partial charge on any atom is 0.0724 e. The van der Waals surface area contributed by atoms with Gasteiger partial charge in [0.1, 0.15) is 0 Å². The van der Waals surface area contributed by atoms with Crippen LogP contribution in [0.25, 0.3) is 10.9 Å². The van der Waals surface area contributed by atoms with E-state index in [9.17, 15) is 0 Å². The minimum Gasteiger partial charge on any atom is -0.396 e. The van der Waals surface area contributed by atoms with Crippen molar-refractivity contribution in [2.45, 2.75) is 13.5 Å². The second-order valence-corrected chi connectivity index (χ2v) is 5.69. The first kappa shape index (κ1) is 12.9. The van der Waals surface area contributed by atoms with Gasteiger partial charge in [0.2, 0.25) is 0 Å². The third-order valence-corrected chi connectivity index (χ3v) is 4.31. The van der Waals surface area contributed by atoms with Crippen molar-refractivity contribution in [3.63, 3.8) is 0 Å². The van der Waals surface area contributed by atoms with Crippen LogP contribution in [-0.2, 0) is 6.54 Å². The van der Waals surface area contributed by atoms with E-state index in [-0.39, 0.29) is 0 Å². The molecule has 1 aromatic carbocycles. The highest BCUT2D eigenvalue weighted by molar-refractivity contribution is 7.09. The first-order valence-corrected chi connectivity index (χ1v) is 7.58. The number of rotatable bonds is 4. The molecular weight excluding hydrogens is 266 g/mol. The van der Waals surface area contributed by atoms with Crippen molar-refractivity contribution in [2.75, 3.05) is 17.2 Å². The lowest BCUT2D eigenvalue weighted by Crippen LogP contribution is -2.22. The summed E-state index contributed by atoms with van der Waals surface area (Å²) in [6.45, 7) is 3.97. The summed E-state index contributed by atoms with van der Waals surface area (Å²) < 4.78 is 0. The summed E-state index contributed by atoms with van der Waals surface area (Å²) in [6, 6.07) is 12.3. The number of aromatic nitrogens is 1. The lowest BCUT2D eigenvalue weighted by atomic mass is 10.1. The van der Waals surface area contributed by atoms with E-state index in [0.717, 1.165) is 35.4 Å². The third-order valence-electron chi connectivity index (χ3n) is 3.45. The van der Waals surface area contributed by atoms with Gasteiger partial charge in [-0.25, -0.2) is 0 Å². The van der Waals surface area contributed by atoms with Gasteiger partial charge in [-0.1, -0.05) is 6.07 Å². The van der Waals surface area contributed by atoms with Gasteiger partial charge in [0.25, 0.3) is 0 Å². The van der Waals surface area contributed by atoms with Crippen LogP contribution in [0, 0.1) is 0 Å². The van der Waals surface area contributed by atoms with Crippen LogP contribution in [0.2, 0.25) is 0 Å². The van der Waals surface area contributed by atoms with Gasteiger partial charge >= 0.3 is 0 Å². The molecule has 0 saturated heterocycles. The lowest BCUT2D eigenvalue weighted by molar-refractivity contribution is 0.845. The minimum atomic E-state index is 0.814. The molecule has 0 aliphatic heterocycles. The quantitative estimate of drug-likeness (QED) is 0.738. The number of nitrogens with two attached hydrogens (primary N) is 1. The number of benzene rings is 1. The van der Waals surface area contributed by atoms with Crippen LogP contribution in [0.1, 0.15) is 11.8 Å². The lowest BCUT2D eigenvalue weighted by Gasteiger charge is -2.24. The Morgan fingerprint density at radius 1 is 1.20 bits per heavy atom. The molecule has 3 rings (SSSR count). The number of hydrogen-bond donors (Lipinski definition) is 1. The van der Waals surface area contributed by atoms with Crippen LogP contribution >= 0.6 is 11.3 Å². The van der Waals surface area contributed by atoms with E-state index in [4.69, 9.17) is 5.73 Å². The standard InChI is InChI=1S/C16H17N3S/c1-2-19(11-12-5-4-10-20-12)15-8-7-14-13(16(15)17)6-3-9-18-14/h3-10H,2,11,17H2,1H3. The highest BCUT2D eigenvalue weighted by Crippen LogP contribution is 2.31. The molecule has 0 aliphatic rings. The van der Waals surface area contributed by atoms with Gasteiger partial charge in [0.05, 0.1) is 23.4 Å². The highest BCUT2D eigenvalue weighted by atomic mass is 32.1. The fraction of sp³-hybridized carbons (Fsp3) is 0.188. The van der Waals surface area contributed by atoms with Crippen molar-refractivity contribution in [2.24, 2.45) is 0 Å². The Balaban J connectivity index is 2.01. The smallest absolute Gasteiger partial charge is 0.0724 e. The molecule has 4 heteroatoms. The van der Waals surface area contributed by atoms with E-state index >= 15 is 0 Å². The molecule has 2 heterocycles. The summed E-state index contributed by atoms with van der Waals surface area (Å²) >= 11 is 1.78. The molecule has 102 valence electrons. The molecule has 0 amide bonds. The van der Waals surface area contributed by atoms with Gasteiger partial charge < -0.3 is 10.6 Å². The predicted octanol–water partition coefficient (Wildman–Crippen LogP) is 3.91. The Hall–Kier alpha value is -2.07. The number of thiophene rings is 1. The monoisotopic (exact) mass is 283 g/mol. The van der Waals surface area contributed by atoms with Crippen molar-refractivity contribution in [1.82, 2.24) is 4.98 Å². The molecule has 20 heavy (non-hydrogen) atoms. The third kappa shape index (κ3) is 2.34. The van der Waals surface area contributed by atoms with Crippen molar-refractivity contribution in [1.29, 1.82) is 0 Å². The van der Waals surface area contributed by atoms with E-state index < -0.39 is 0 Å². The summed E-state index contributed by atoms with van der Waals surface area (Å²) in [7, 11) is 0. The zero-order valence-electron chi connectivity index (χ0n) is 11.4. The molecule has 2 N–H and O–H groups in total. The number of nitrogen functional groups attached to an aromatic ring is 1. The summed E-state index contributed by atoms with van der Waals surface area (Å²) in [5, 5.41) is 3.13. The SMILES string of the molecule is CCN(Cc1cccs1)c1ccc2ncccc2c1N. The van der Waals surface area contributed by atoms with Crippen LogP contribution < -0.4 is 10.6 Å². The number of anilines is 2. The highest BCUT2D eigenvalue weighted by Gasteiger charge is 2.12. The molecule has 0 unspecified atom stereocenters. The van der Waals surface area contributed by atoms with Crippen molar-refractivity contribution in [3.05, 3.63) is 52.9 Å². The molecule has 0 atom stereocenters. The Kier molecular flexibility index (Phi) is 3.56. The van der Waals surface area contributed by atoms with E-state index in [1.54, 1.807) is 17.5 Å². The average Bonchev–Trinajstić information content (AvgIpc) is 2.99. The normalized spacial score (nSPS) is 10.8. The second kappa shape index (κ2) is 5.51. The van der Waals surface area contributed by atoms with Crippen LogP contribution in [0.15, 0.2) is 48.0 Å². The molecule has 0 saturated carbocycles. The molecule has 0 spiro atoms. The van der Waals surface area contributed by atoms with E-state index in [1.807, 2.05) is 18.2 Å². The Morgan fingerprint density at radius 2 is 2.10 bits per heavy atom. The zero-order chi connectivity index (χ0) is 13.9. The van der Waals surface area contributed by atoms with Gasteiger partial charge in [-0.15, -0.1) is 11.3 Å². The molecule has 3 nitrogen and oxygen atoms in total. The van der Waals surface area contributed by atoms with E-state index in [2.05, 4.69) is 40.4 Å². The van der Waals surface area contributed by atoms with E-state index in [1.165, 1.54) is 4.88 Å². The average molecular weight is 283 g/mol. The van der Waals surface area contributed by atoms with Crippen molar-refractivity contribution >= 4 is 33.6 Å². The first-order chi connectivity index (χ1) is 9.79. The summed E-state index contributed by atoms with van der Waals surface area (Å²) in [6.07, 6.45) is 1.80. The van der Waals surface area contributed by atoms with Gasteiger partial charge in [-0.05, 0) is 42.6 Å². The fourth-order valence-electron chi connectivity index (χ4n) is 2.40. The van der Waals surface area contributed by atoms with Gasteiger partial charge in [0, 0.05) is 23.0 Å². The summed E-state index contributed by atoms with van der Waals surface area (Å²) in [5.41, 5.74) is 9.19. The molecule has 0 bridgehead atoms. The Morgan fingerprint density at radius 3 is 2.85 bits per heavy atom. The van der Waals surface area contributed by atoms with Crippen LogP contribution in [0.4, 0.5) is 11.4 Å². The maximum atomic E-state index is 6.35. The molecule has 2 aromatic heterocycles. The molecular formula is C16H17N3S. The molecule has 0 radical (unpaired) electrons. The van der Waals surface area contributed by atoms with Gasteiger partial charge in [-0.2, -0.15) is 0 Å². The largest absolute Gasteiger partial charge is 0.396 e. The maximum absolute atomic E-state index is 6.35. The zero-order valence-corrected chi connectivity index (χ0v) is 12.2. The fourth-order valence-corrected chi connectivity index (χ4v) is 3.12. The number of nitrogens with zero attached hydrogens (tertiary/aromatic N) is 2. The van der Waals surface area contributed by atoms with E-state index in [0.29, 0.717) is 0 Å². The molecule has 3 aromatic rings. The molecule has 0 fully saturated rings. The van der Waals surface area contributed by atoms with Crippen molar-refractivity contribution in [3.8, 4) is 0 Å². The molecule has 0 aliphatic carbocycles. The van der Waals surface area contributed by atoms with Gasteiger partial charge in [-0.3, -0.25) is 4.98 Å². The van der Waals surface area contributed by atoms with Crippen LogP contribution in [0.3, 0.4) is 0 Å². The number of fused-ring (bicyclic) bond motifs is 1.